The number of amides is 1. The number of anilines is 1. The number of hydrogen-bond donors (Lipinski definition) is 1. The molecular formula is C28H26F3N3O3S. The molecule has 4 aromatic rings. The molecule has 2 aromatic heterocycles. The monoisotopic (exact) mass is 541 g/mol. The molecule has 5 rings (SSSR count). The van der Waals surface area contributed by atoms with Crippen molar-refractivity contribution in [3.63, 3.8) is 0 Å². The van der Waals surface area contributed by atoms with Crippen LogP contribution in [0.5, 0.6) is 0 Å². The van der Waals surface area contributed by atoms with E-state index in [9.17, 15) is 22.8 Å². The van der Waals surface area contributed by atoms with Gasteiger partial charge in [0.25, 0.3) is 5.91 Å². The fourth-order valence-corrected chi connectivity index (χ4v) is 5.87. The molecule has 10 heteroatoms. The van der Waals surface area contributed by atoms with Gasteiger partial charge >= 0.3 is 5.97 Å². The Hall–Kier alpha value is -3.53. The highest BCUT2D eigenvalue weighted by molar-refractivity contribution is 7.22. The second-order valence-corrected chi connectivity index (χ2v) is 11.2. The maximum Gasteiger partial charge on any atom is 0.339 e. The Bertz CT molecular complexity index is 1580. The number of hydrogen-bond acceptors (Lipinski definition) is 6. The summed E-state index contributed by atoms with van der Waals surface area (Å²) in [5, 5.41) is 3.00. The van der Waals surface area contributed by atoms with Crippen LogP contribution in [-0.4, -0.2) is 28.5 Å². The minimum atomic E-state index is -1.63. The van der Waals surface area contributed by atoms with E-state index >= 15 is 0 Å². The van der Waals surface area contributed by atoms with E-state index in [1.165, 1.54) is 0 Å². The summed E-state index contributed by atoms with van der Waals surface area (Å²) >= 11 is 0.780. The van der Waals surface area contributed by atoms with Gasteiger partial charge in [-0.05, 0) is 48.3 Å². The molecule has 38 heavy (non-hydrogen) atoms. The van der Waals surface area contributed by atoms with Crippen LogP contribution in [0.3, 0.4) is 0 Å². The zero-order chi connectivity index (χ0) is 27.2. The van der Waals surface area contributed by atoms with E-state index in [4.69, 9.17) is 9.72 Å². The van der Waals surface area contributed by atoms with E-state index in [1.807, 2.05) is 24.3 Å². The molecule has 2 aromatic carbocycles. The lowest BCUT2D eigenvalue weighted by Crippen LogP contribution is -2.31. The minimum absolute atomic E-state index is 0.0353. The number of para-hydroxylation sites is 1. The van der Waals surface area contributed by atoms with Gasteiger partial charge in [-0.2, -0.15) is 0 Å². The quantitative estimate of drug-likeness (QED) is 0.220. The van der Waals surface area contributed by atoms with E-state index in [0.717, 1.165) is 47.9 Å². The summed E-state index contributed by atoms with van der Waals surface area (Å²) in [4.78, 5) is 34.6. The highest BCUT2D eigenvalue weighted by Gasteiger charge is 2.34. The Balaban J connectivity index is 1.38. The fourth-order valence-electron chi connectivity index (χ4n) is 4.96. The summed E-state index contributed by atoms with van der Waals surface area (Å²) in [6, 6.07) is 8.16. The maximum atomic E-state index is 14.0. The van der Waals surface area contributed by atoms with Gasteiger partial charge < -0.3 is 4.74 Å². The number of carbonyl (C=O) groups is 2. The van der Waals surface area contributed by atoms with Gasteiger partial charge in [0.15, 0.2) is 29.2 Å². The van der Waals surface area contributed by atoms with Gasteiger partial charge in [0, 0.05) is 11.1 Å². The first-order valence-corrected chi connectivity index (χ1v) is 13.2. The summed E-state index contributed by atoms with van der Waals surface area (Å²) in [6.07, 6.45) is 3.43. The van der Waals surface area contributed by atoms with E-state index in [-0.39, 0.29) is 20.8 Å². The number of carbonyl (C=O) groups excluding carboxylic acids is 2. The number of aromatic nitrogens is 2. The van der Waals surface area contributed by atoms with Gasteiger partial charge in [0.1, 0.15) is 5.52 Å². The molecule has 1 unspecified atom stereocenters. The predicted octanol–water partition coefficient (Wildman–Crippen LogP) is 6.60. The molecule has 0 bridgehead atoms. The molecule has 1 aliphatic carbocycles. The van der Waals surface area contributed by atoms with Crippen LogP contribution in [-0.2, 0) is 22.4 Å². The zero-order valence-corrected chi connectivity index (χ0v) is 22.0. The minimum Gasteiger partial charge on any atom is -0.452 e. The molecule has 0 spiro atoms. The summed E-state index contributed by atoms with van der Waals surface area (Å²) in [7, 11) is 0. The number of esters is 1. The number of fused-ring (bicyclic) bond motifs is 3. The van der Waals surface area contributed by atoms with Crippen molar-refractivity contribution in [3.05, 3.63) is 64.6 Å². The molecule has 6 nitrogen and oxygen atoms in total. The molecule has 0 saturated carbocycles. The Kier molecular flexibility index (Phi) is 6.85. The third-order valence-electron chi connectivity index (χ3n) is 7.58. The van der Waals surface area contributed by atoms with Gasteiger partial charge in [-0.3, -0.25) is 15.1 Å². The topological polar surface area (TPSA) is 81.2 Å². The van der Waals surface area contributed by atoms with Crippen molar-refractivity contribution in [3.8, 4) is 0 Å². The molecule has 1 N–H and O–H groups in total. The Morgan fingerprint density at radius 1 is 1.16 bits per heavy atom. The van der Waals surface area contributed by atoms with E-state index < -0.39 is 35.9 Å². The van der Waals surface area contributed by atoms with Crippen LogP contribution in [0, 0.1) is 28.8 Å². The molecule has 0 aliphatic heterocycles. The van der Waals surface area contributed by atoms with Crippen LogP contribution < -0.4 is 5.32 Å². The van der Waals surface area contributed by atoms with Crippen molar-refractivity contribution in [2.24, 2.45) is 11.3 Å². The number of benzene rings is 2. The maximum absolute atomic E-state index is 14.0. The first-order valence-electron chi connectivity index (χ1n) is 12.4. The third kappa shape index (κ3) is 4.73. The van der Waals surface area contributed by atoms with Crippen molar-refractivity contribution < 1.29 is 27.5 Å². The number of ether oxygens (including phenoxy) is 1. The zero-order valence-electron chi connectivity index (χ0n) is 21.2. The highest BCUT2D eigenvalue weighted by atomic mass is 32.1. The Morgan fingerprint density at radius 2 is 1.92 bits per heavy atom. The smallest absolute Gasteiger partial charge is 0.339 e. The molecule has 0 radical (unpaired) electrons. The summed E-state index contributed by atoms with van der Waals surface area (Å²) in [5.41, 5.74) is 2.54. The number of pyridine rings is 1. The lowest BCUT2D eigenvalue weighted by molar-refractivity contribution is -0.119. The molecule has 2 heterocycles. The van der Waals surface area contributed by atoms with E-state index in [0.29, 0.717) is 28.8 Å². The molecule has 1 aliphatic rings. The predicted molar refractivity (Wildman–Crippen MR) is 140 cm³/mol. The molecule has 1 atom stereocenters. The average molecular weight is 542 g/mol. The van der Waals surface area contributed by atoms with Crippen LogP contribution in [0.2, 0.25) is 0 Å². The SMILES string of the molecule is CCC(C)(C)C1CCc2nc3ccccc3c(C(=O)OCC(=O)Nc3nc4c(F)c(F)c(F)cc4s3)c2C1. The number of thiazole rings is 1. The number of rotatable bonds is 6. The number of nitrogens with one attached hydrogen (secondary N) is 1. The van der Waals surface area contributed by atoms with E-state index in [1.54, 1.807) is 0 Å². The molecular weight excluding hydrogens is 515 g/mol. The first kappa shape index (κ1) is 26.1. The molecule has 1 amide bonds. The largest absolute Gasteiger partial charge is 0.452 e. The molecule has 0 saturated heterocycles. The second-order valence-electron chi connectivity index (χ2n) is 10.2. The van der Waals surface area contributed by atoms with Crippen molar-refractivity contribution in [2.45, 2.75) is 46.5 Å². The highest BCUT2D eigenvalue weighted by Crippen LogP contribution is 2.41. The van der Waals surface area contributed by atoms with Gasteiger partial charge in [0.2, 0.25) is 0 Å². The Labute approximate surface area is 221 Å². The van der Waals surface area contributed by atoms with Gasteiger partial charge in [-0.15, -0.1) is 0 Å². The van der Waals surface area contributed by atoms with Crippen LogP contribution in [0.1, 0.15) is 55.2 Å². The summed E-state index contributed by atoms with van der Waals surface area (Å²) < 4.78 is 46.5. The summed E-state index contributed by atoms with van der Waals surface area (Å²) in [6.45, 7) is 6.01. The van der Waals surface area contributed by atoms with Crippen molar-refractivity contribution in [2.75, 3.05) is 11.9 Å². The van der Waals surface area contributed by atoms with Crippen LogP contribution in [0.15, 0.2) is 30.3 Å². The number of nitrogens with zero attached hydrogens (tertiary/aromatic N) is 2. The third-order valence-corrected chi connectivity index (χ3v) is 8.50. The number of halogens is 3. The van der Waals surface area contributed by atoms with E-state index in [2.05, 4.69) is 31.1 Å². The lowest BCUT2D eigenvalue weighted by Gasteiger charge is -2.37. The first-order chi connectivity index (χ1) is 18.1. The Morgan fingerprint density at radius 3 is 2.68 bits per heavy atom. The second kappa shape index (κ2) is 9.98. The van der Waals surface area contributed by atoms with Crippen LogP contribution in [0.4, 0.5) is 18.3 Å². The van der Waals surface area contributed by atoms with Gasteiger partial charge in [0.05, 0.1) is 15.8 Å². The van der Waals surface area contributed by atoms with Crippen molar-refractivity contribution in [1.29, 1.82) is 0 Å². The van der Waals surface area contributed by atoms with Gasteiger partial charge in [-0.25, -0.2) is 22.9 Å². The fraction of sp³-hybridized carbons (Fsp3) is 0.357. The van der Waals surface area contributed by atoms with Crippen molar-refractivity contribution >= 4 is 49.5 Å². The van der Waals surface area contributed by atoms with Gasteiger partial charge in [-0.1, -0.05) is 56.7 Å². The molecule has 198 valence electrons. The molecule has 0 fully saturated rings. The lowest BCUT2D eigenvalue weighted by atomic mass is 9.68. The normalized spacial score (nSPS) is 15.5. The van der Waals surface area contributed by atoms with Crippen LogP contribution >= 0.6 is 11.3 Å². The average Bonchev–Trinajstić information content (AvgIpc) is 3.30. The summed E-state index contributed by atoms with van der Waals surface area (Å²) in [5.74, 6) is -5.38. The number of aryl methyl sites for hydroxylation is 1. The van der Waals surface area contributed by atoms with Crippen LogP contribution in [0.25, 0.3) is 21.1 Å². The standard InChI is InChI=1S/C28H26F3N3O3S/c1-4-28(2,3)14-9-10-19-16(11-14)22(15-7-5-6-8-18(15)32-19)26(36)37-13-21(35)33-27-34-25-20(38-27)12-17(29)23(30)24(25)31/h5-8,12,14H,4,9-11,13H2,1-3H3,(H,33,34,35). The van der Waals surface area contributed by atoms with Crippen molar-refractivity contribution in [1.82, 2.24) is 9.97 Å².